The molecule has 1 saturated heterocycles. The van der Waals surface area contributed by atoms with Crippen molar-refractivity contribution in [2.24, 2.45) is 5.10 Å². The predicted molar refractivity (Wildman–Crippen MR) is 137 cm³/mol. The first kappa shape index (κ1) is 23.9. The van der Waals surface area contributed by atoms with Gasteiger partial charge < -0.3 is 9.80 Å². The molecule has 0 spiro atoms. The van der Waals surface area contributed by atoms with Gasteiger partial charge in [0.15, 0.2) is 0 Å². The molecule has 1 fully saturated rings. The summed E-state index contributed by atoms with van der Waals surface area (Å²) in [5.41, 5.74) is 2.38. The van der Waals surface area contributed by atoms with Gasteiger partial charge in [-0.3, -0.25) is 14.6 Å². The Labute approximate surface area is 204 Å². The number of pyridine rings is 1. The highest BCUT2D eigenvalue weighted by molar-refractivity contribution is 5.94. The van der Waals surface area contributed by atoms with E-state index in [0.717, 1.165) is 11.4 Å². The second-order valence-electron chi connectivity index (χ2n) is 8.36. The summed E-state index contributed by atoms with van der Waals surface area (Å²) in [6.07, 6.45) is 2.19. The molecular formula is C26H29N7O2. The minimum Gasteiger partial charge on any atom is -0.353 e. The molecular weight excluding hydrogens is 442 g/mol. The van der Waals surface area contributed by atoms with Crippen LogP contribution in [0.1, 0.15) is 18.2 Å². The minimum atomic E-state index is -0.296. The molecule has 3 heterocycles. The van der Waals surface area contributed by atoms with Gasteiger partial charge in [0, 0.05) is 62.8 Å². The van der Waals surface area contributed by atoms with E-state index in [4.69, 9.17) is 0 Å². The number of aryl methyl sites for hydroxylation is 1. The molecule has 0 atom stereocenters. The molecule has 4 rings (SSSR count). The van der Waals surface area contributed by atoms with Gasteiger partial charge in [0.25, 0.3) is 11.5 Å². The van der Waals surface area contributed by atoms with Crippen molar-refractivity contribution < 1.29 is 4.79 Å². The van der Waals surface area contributed by atoms with Crippen LogP contribution in [-0.4, -0.2) is 58.7 Å². The standard InChI is InChI=1S/C26H29N7O2/c1-19-17-24(34)30-26(29-19)33(27-3)22(18-21-9-5-4-6-10-21)20(2)25(35)32-15-13-31(14-16-32)23-11-7-8-12-28-23/h4-12,17H,3,13-16,18H2,1-2H3,(H,29,30,34)/b22-20+. The molecule has 180 valence electrons. The Morgan fingerprint density at radius 2 is 1.83 bits per heavy atom. The maximum Gasteiger partial charge on any atom is 0.252 e. The Balaban J connectivity index is 1.64. The fourth-order valence-corrected chi connectivity index (χ4v) is 4.14. The van der Waals surface area contributed by atoms with Gasteiger partial charge in [0.05, 0.1) is 5.70 Å². The van der Waals surface area contributed by atoms with Gasteiger partial charge in [-0.05, 0) is 31.5 Å². The summed E-state index contributed by atoms with van der Waals surface area (Å²) in [6.45, 7) is 9.76. The van der Waals surface area contributed by atoms with E-state index in [9.17, 15) is 9.59 Å². The Bertz CT molecular complexity index is 1260. The molecule has 0 unspecified atom stereocenters. The number of anilines is 2. The summed E-state index contributed by atoms with van der Waals surface area (Å²) in [5.74, 6) is 1.05. The van der Waals surface area contributed by atoms with Crippen LogP contribution in [0.15, 0.2) is 82.0 Å². The monoisotopic (exact) mass is 471 g/mol. The van der Waals surface area contributed by atoms with E-state index in [2.05, 4.69) is 31.7 Å². The highest BCUT2D eigenvalue weighted by Crippen LogP contribution is 2.23. The minimum absolute atomic E-state index is 0.0831. The topological polar surface area (TPSA) is 97.8 Å². The first-order valence-electron chi connectivity index (χ1n) is 11.5. The van der Waals surface area contributed by atoms with Crippen LogP contribution in [0.3, 0.4) is 0 Å². The molecule has 0 aliphatic carbocycles. The van der Waals surface area contributed by atoms with Crippen LogP contribution in [0.2, 0.25) is 0 Å². The Morgan fingerprint density at radius 1 is 1.11 bits per heavy atom. The van der Waals surface area contributed by atoms with Crippen LogP contribution >= 0.6 is 0 Å². The maximum absolute atomic E-state index is 13.6. The number of H-pyrrole nitrogens is 1. The smallest absolute Gasteiger partial charge is 0.252 e. The molecule has 35 heavy (non-hydrogen) atoms. The first-order chi connectivity index (χ1) is 17.0. The highest BCUT2D eigenvalue weighted by Gasteiger charge is 2.27. The van der Waals surface area contributed by atoms with E-state index in [-0.39, 0.29) is 17.4 Å². The number of aromatic nitrogens is 3. The highest BCUT2D eigenvalue weighted by atomic mass is 16.2. The van der Waals surface area contributed by atoms with Crippen molar-refractivity contribution in [1.29, 1.82) is 0 Å². The largest absolute Gasteiger partial charge is 0.353 e. The van der Waals surface area contributed by atoms with E-state index in [1.807, 2.05) is 53.4 Å². The van der Waals surface area contributed by atoms with Crippen LogP contribution < -0.4 is 15.5 Å². The number of allylic oxidation sites excluding steroid dienone is 1. The van der Waals surface area contributed by atoms with Crippen molar-refractivity contribution in [2.75, 3.05) is 36.1 Å². The predicted octanol–water partition coefficient (Wildman–Crippen LogP) is 2.76. The Morgan fingerprint density at radius 3 is 2.46 bits per heavy atom. The van der Waals surface area contributed by atoms with Gasteiger partial charge in [-0.15, -0.1) is 0 Å². The van der Waals surface area contributed by atoms with Gasteiger partial charge in [-0.25, -0.2) is 15.0 Å². The van der Waals surface area contributed by atoms with E-state index in [1.54, 1.807) is 20.0 Å². The zero-order valence-electron chi connectivity index (χ0n) is 20.0. The van der Waals surface area contributed by atoms with Crippen molar-refractivity contribution in [2.45, 2.75) is 20.3 Å². The van der Waals surface area contributed by atoms with E-state index >= 15 is 0 Å². The van der Waals surface area contributed by atoms with Crippen LogP contribution in [0, 0.1) is 6.92 Å². The number of nitrogens with one attached hydrogen (secondary N) is 1. The fraction of sp³-hybridized carbons (Fsp3) is 0.269. The lowest BCUT2D eigenvalue weighted by Crippen LogP contribution is -2.49. The van der Waals surface area contributed by atoms with E-state index in [0.29, 0.717) is 49.6 Å². The van der Waals surface area contributed by atoms with Crippen LogP contribution in [0.25, 0.3) is 0 Å². The number of hydrazone groups is 1. The Hall–Kier alpha value is -4.27. The number of carbonyl (C=O) groups excluding carboxylic acids is 1. The van der Waals surface area contributed by atoms with Gasteiger partial charge in [0.1, 0.15) is 5.82 Å². The summed E-state index contributed by atoms with van der Waals surface area (Å²) in [6, 6.07) is 17.0. The number of aromatic amines is 1. The molecule has 0 saturated carbocycles. The number of piperazine rings is 1. The molecule has 3 aromatic rings. The quantitative estimate of drug-likeness (QED) is 0.323. The third kappa shape index (κ3) is 5.63. The maximum atomic E-state index is 13.6. The average Bonchev–Trinajstić information content (AvgIpc) is 2.88. The fourth-order valence-electron chi connectivity index (χ4n) is 4.14. The van der Waals surface area contributed by atoms with Crippen LogP contribution in [0.5, 0.6) is 0 Å². The van der Waals surface area contributed by atoms with E-state index < -0.39 is 0 Å². The van der Waals surface area contributed by atoms with E-state index in [1.165, 1.54) is 11.1 Å². The van der Waals surface area contributed by atoms with Crippen molar-refractivity contribution in [3.63, 3.8) is 0 Å². The van der Waals surface area contributed by atoms with Crippen LogP contribution in [-0.2, 0) is 11.2 Å². The molecule has 0 bridgehead atoms. The molecule has 1 amide bonds. The van der Waals surface area contributed by atoms with Gasteiger partial charge in [0.2, 0.25) is 5.95 Å². The summed E-state index contributed by atoms with van der Waals surface area (Å²) < 4.78 is 0. The molecule has 1 aliphatic rings. The number of amides is 1. The summed E-state index contributed by atoms with van der Waals surface area (Å²) in [7, 11) is 0. The molecule has 1 N–H and O–H groups in total. The zero-order valence-corrected chi connectivity index (χ0v) is 20.0. The summed E-state index contributed by atoms with van der Waals surface area (Å²) in [5, 5.41) is 5.60. The number of nitrogens with zero attached hydrogens (tertiary/aromatic N) is 6. The average molecular weight is 472 g/mol. The SMILES string of the molecule is C=NN(/C(Cc1ccccc1)=C(\C)C(=O)N1CCN(c2ccccn2)CC1)c1nc(C)cc(=O)[nH]1. The molecule has 1 aliphatic heterocycles. The van der Waals surface area contributed by atoms with Crippen molar-refractivity contribution in [1.82, 2.24) is 19.9 Å². The number of benzene rings is 1. The third-order valence-electron chi connectivity index (χ3n) is 5.96. The molecule has 0 radical (unpaired) electrons. The molecule has 2 aromatic heterocycles. The van der Waals surface area contributed by atoms with Crippen molar-refractivity contribution in [3.8, 4) is 0 Å². The lowest BCUT2D eigenvalue weighted by Gasteiger charge is -2.36. The lowest BCUT2D eigenvalue weighted by atomic mass is 10.0. The second kappa shape index (κ2) is 10.8. The molecule has 9 nitrogen and oxygen atoms in total. The zero-order chi connectivity index (χ0) is 24.8. The van der Waals surface area contributed by atoms with Gasteiger partial charge in [-0.2, -0.15) is 5.10 Å². The van der Waals surface area contributed by atoms with Gasteiger partial charge >= 0.3 is 0 Å². The molecule has 1 aromatic carbocycles. The lowest BCUT2D eigenvalue weighted by molar-refractivity contribution is -0.127. The number of rotatable bonds is 7. The number of carbonyl (C=O) groups is 1. The summed E-state index contributed by atoms with van der Waals surface area (Å²) >= 11 is 0. The third-order valence-corrected chi connectivity index (χ3v) is 5.96. The summed E-state index contributed by atoms with van der Waals surface area (Å²) in [4.78, 5) is 41.3. The molecule has 9 heteroatoms. The number of hydrogen-bond acceptors (Lipinski definition) is 7. The van der Waals surface area contributed by atoms with Gasteiger partial charge in [-0.1, -0.05) is 36.4 Å². The second-order valence-corrected chi connectivity index (χ2v) is 8.36. The normalized spacial score (nSPS) is 14.3. The number of hydrogen-bond donors (Lipinski definition) is 1. The first-order valence-corrected chi connectivity index (χ1v) is 11.5. The Kier molecular flexibility index (Phi) is 7.35. The van der Waals surface area contributed by atoms with Crippen molar-refractivity contribution in [3.05, 3.63) is 93.7 Å². The van der Waals surface area contributed by atoms with Crippen molar-refractivity contribution >= 4 is 24.4 Å². The van der Waals surface area contributed by atoms with Crippen LogP contribution in [0.4, 0.5) is 11.8 Å².